The lowest BCUT2D eigenvalue weighted by Crippen LogP contribution is -2.51. The number of nitrogens with one attached hydrogen (secondary N) is 1. The van der Waals surface area contributed by atoms with Gasteiger partial charge in [-0.15, -0.1) is 0 Å². The van der Waals surface area contributed by atoms with Gasteiger partial charge in [0.1, 0.15) is 0 Å². The third-order valence-corrected chi connectivity index (χ3v) is 3.94. The molecule has 0 unspecified atom stereocenters. The van der Waals surface area contributed by atoms with Crippen molar-refractivity contribution in [1.82, 2.24) is 15.1 Å². The number of rotatable bonds is 5. The Hall–Kier alpha value is -1.59. The Morgan fingerprint density at radius 3 is 2.36 bits per heavy atom. The van der Waals surface area contributed by atoms with Gasteiger partial charge in [-0.3, -0.25) is 14.5 Å². The van der Waals surface area contributed by atoms with Gasteiger partial charge >= 0.3 is 0 Å². The van der Waals surface area contributed by atoms with E-state index in [9.17, 15) is 9.59 Å². The monoisotopic (exact) mass is 323 g/mol. The smallest absolute Gasteiger partial charge is 0.253 e. The van der Waals surface area contributed by atoms with Crippen LogP contribution in [0.5, 0.6) is 0 Å². The molecule has 6 heteroatoms. The van der Waals surface area contributed by atoms with Gasteiger partial charge in [0, 0.05) is 43.3 Å². The van der Waals surface area contributed by atoms with Crippen LogP contribution in [-0.4, -0.2) is 60.9 Å². The lowest BCUT2D eigenvalue weighted by atomic mass is 10.2. The van der Waals surface area contributed by atoms with Crippen molar-refractivity contribution in [2.45, 2.75) is 13.3 Å². The van der Waals surface area contributed by atoms with E-state index in [-0.39, 0.29) is 11.8 Å². The number of piperazine rings is 1. The van der Waals surface area contributed by atoms with Gasteiger partial charge in [0.15, 0.2) is 0 Å². The summed E-state index contributed by atoms with van der Waals surface area (Å²) in [6.45, 7) is 5.88. The molecule has 5 nitrogen and oxygen atoms in total. The predicted octanol–water partition coefficient (Wildman–Crippen LogP) is 1.62. The molecule has 0 aromatic heterocycles. The SMILES string of the molecule is CCCNC(=O)CN1CCN(C(=O)c2ccc(Cl)cc2)CC1. The highest BCUT2D eigenvalue weighted by atomic mass is 35.5. The molecule has 120 valence electrons. The van der Waals surface area contributed by atoms with E-state index in [4.69, 9.17) is 11.6 Å². The fraction of sp³-hybridized carbons (Fsp3) is 0.500. The summed E-state index contributed by atoms with van der Waals surface area (Å²) in [7, 11) is 0. The second-order valence-corrected chi connectivity index (χ2v) is 5.86. The Morgan fingerprint density at radius 2 is 1.77 bits per heavy atom. The molecule has 0 aliphatic carbocycles. The maximum atomic E-state index is 12.4. The second kappa shape index (κ2) is 8.15. The summed E-state index contributed by atoms with van der Waals surface area (Å²) in [5.41, 5.74) is 0.651. The number of carbonyl (C=O) groups excluding carboxylic acids is 2. The zero-order valence-electron chi connectivity index (χ0n) is 12.8. The number of amides is 2. The second-order valence-electron chi connectivity index (χ2n) is 5.43. The quantitative estimate of drug-likeness (QED) is 0.896. The number of carbonyl (C=O) groups is 2. The van der Waals surface area contributed by atoms with Gasteiger partial charge in [-0.2, -0.15) is 0 Å². The molecular formula is C16H22ClN3O2. The van der Waals surface area contributed by atoms with Crippen molar-refractivity contribution in [2.75, 3.05) is 39.3 Å². The summed E-state index contributed by atoms with van der Waals surface area (Å²) in [5, 5.41) is 3.50. The average molecular weight is 324 g/mol. The fourth-order valence-electron chi connectivity index (χ4n) is 2.41. The highest BCUT2D eigenvalue weighted by Crippen LogP contribution is 2.13. The van der Waals surface area contributed by atoms with Gasteiger partial charge in [0.2, 0.25) is 5.91 Å². The van der Waals surface area contributed by atoms with Crippen LogP contribution >= 0.6 is 11.6 Å². The van der Waals surface area contributed by atoms with Crippen molar-refractivity contribution in [3.63, 3.8) is 0 Å². The van der Waals surface area contributed by atoms with E-state index >= 15 is 0 Å². The Morgan fingerprint density at radius 1 is 1.14 bits per heavy atom. The minimum Gasteiger partial charge on any atom is -0.355 e. The molecule has 2 amide bonds. The number of benzene rings is 1. The first kappa shape index (κ1) is 16.8. The minimum absolute atomic E-state index is 0.0201. The van der Waals surface area contributed by atoms with E-state index in [1.807, 2.05) is 11.8 Å². The van der Waals surface area contributed by atoms with Crippen molar-refractivity contribution in [2.24, 2.45) is 0 Å². The molecule has 1 aromatic carbocycles. The molecule has 0 atom stereocenters. The van der Waals surface area contributed by atoms with Crippen molar-refractivity contribution in [3.8, 4) is 0 Å². The van der Waals surface area contributed by atoms with Crippen molar-refractivity contribution >= 4 is 23.4 Å². The topological polar surface area (TPSA) is 52.7 Å². The summed E-state index contributed by atoms with van der Waals surface area (Å²) in [4.78, 5) is 28.0. The predicted molar refractivity (Wildman–Crippen MR) is 87.1 cm³/mol. The molecule has 1 aromatic rings. The molecule has 1 heterocycles. The standard InChI is InChI=1S/C16H22ClN3O2/c1-2-7-18-15(21)12-19-8-10-20(11-9-19)16(22)13-3-5-14(17)6-4-13/h3-6H,2,7-12H2,1H3,(H,18,21). The van der Waals surface area contributed by atoms with Gasteiger partial charge < -0.3 is 10.2 Å². The van der Waals surface area contributed by atoms with Crippen LogP contribution in [0.25, 0.3) is 0 Å². The van der Waals surface area contributed by atoms with Crippen LogP contribution in [0.4, 0.5) is 0 Å². The van der Waals surface area contributed by atoms with E-state index < -0.39 is 0 Å². The molecule has 1 N–H and O–H groups in total. The van der Waals surface area contributed by atoms with Gasteiger partial charge in [0.05, 0.1) is 6.54 Å². The Labute approximate surface area is 136 Å². The van der Waals surface area contributed by atoms with Crippen molar-refractivity contribution in [1.29, 1.82) is 0 Å². The first-order chi connectivity index (χ1) is 10.6. The van der Waals surface area contributed by atoms with E-state index in [1.165, 1.54) is 0 Å². The Bertz CT molecular complexity index is 511. The van der Waals surface area contributed by atoms with E-state index in [0.29, 0.717) is 36.8 Å². The zero-order chi connectivity index (χ0) is 15.9. The third kappa shape index (κ3) is 4.71. The van der Waals surface area contributed by atoms with Crippen LogP contribution in [0.15, 0.2) is 24.3 Å². The zero-order valence-corrected chi connectivity index (χ0v) is 13.6. The first-order valence-corrected chi connectivity index (χ1v) is 8.02. The molecular weight excluding hydrogens is 302 g/mol. The molecule has 0 bridgehead atoms. The lowest BCUT2D eigenvalue weighted by Gasteiger charge is -2.34. The minimum atomic E-state index is 0.0201. The molecule has 22 heavy (non-hydrogen) atoms. The lowest BCUT2D eigenvalue weighted by molar-refractivity contribution is -0.122. The summed E-state index contributed by atoms with van der Waals surface area (Å²) in [6.07, 6.45) is 0.940. The molecule has 2 rings (SSSR count). The van der Waals surface area contributed by atoms with Gasteiger partial charge in [0.25, 0.3) is 5.91 Å². The summed E-state index contributed by atoms with van der Waals surface area (Å²) >= 11 is 5.84. The summed E-state index contributed by atoms with van der Waals surface area (Å²) in [5.74, 6) is 0.0751. The molecule has 1 aliphatic rings. The van der Waals surface area contributed by atoms with E-state index in [1.54, 1.807) is 24.3 Å². The van der Waals surface area contributed by atoms with Crippen molar-refractivity contribution in [3.05, 3.63) is 34.9 Å². The van der Waals surface area contributed by atoms with Crippen LogP contribution in [-0.2, 0) is 4.79 Å². The largest absolute Gasteiger partial charge is 0.355 e. The maximum Gasteiger partial charge on any atom is 0.253 e. The average Bonchev–Trinajstić information content (AvgIpc) is 2.54. The summed E-state index contributed by atoms with van der Waals surface area (Å²) in [6, 6.07) is 6.94. The van der Waals surface area contributed by atoms with Crippen molar-refractivity contribution < 1.29 is 9.59 Å². The van der Waals surface area contributed by atoms with Gasteiger partial charge in [-0.25, -0.2) is 0 Å². The Balaban J connectivity index is 1.80. The number of nitrogens with zero attached hydrogens (tertiary/aromatic N) is 2. The number of hydrogen-bond acceptors (Lipinski definition) is 3. The molecule has 1 saturated heterocycles. The molecule has 0 spiro atoms. The number of halogens is 1. The molecule has 0 radical (unpaired) electrons. The number of hydrogen-bond donors (Lipinski definition) is 1. The fourth-order valence-corrected chi connectivity index (χ4v) is 2.53. The highest BCUT2D eigenvalue weighted by Gasteiger charge is 2.23. The molecule has 1 aliphatic heterocycles. The van der Waals surface area contributed by atoms with Crippen LogP contribution < -0.4 is 5.32 Å². The molecule has 0 saturated carbocycles. The normalized spacial score (nSPS) is 15.6. The van der Waals surface area contributed by atoms with Crippen LogP contribution in [0.2, 0.25) is 5.02 Å². The van der Waals surface area contributed by atoms with Crippen LogP contribution in [0.3, 0.4) is 0 Å². The van der Waals surface area contributed by atoms with Crippen LogP contribution in [0, 0.1) is 0 Å². The van der Waals surface area contributed by atoms with E-state index in [2.05, 4.69) is 10.2 Å². The summed E-state index contributed by atoms with van der Waals surface area (Å²) < 4.78 is 0. The molecule has 1 fully saturated rings. The maximum absolute atomic E-state index is 12.4. The highest BCUT2D eigenvalue weighted by molar-refractivity contribution is 6.30. The third-order valence-electron chi connectivity index (χ3n) is 3.69. The van der Waals surface area contributed by atoms with E-state index in [0.717, 1.165) is 19.5 Å². The van der Waals surface area contributed by atoms with Gasteiger partial charge in [-0.1, -0.05) is 18.5 Å². The van der Waals surface area contributed by atoms with Gasteiger partial charge in [-0.05, 0) is 30.7 Å². The first-order valence-electron chi connectivity index (χ1n) is 7.64. The Kier molecular flexibility index (Phi) is 6.21. The van der Waals surface area contributed by atoms with Crippen LogP contribution in [0.1, 0.15) is 23.7 Å².